The first-order chi connectivity index (χ1) is 32.2. The van der Waals surface area contributed by atoms with Gasteiger partial charge in [0.1, 0.15) is 0 Å². The van der Waals surface area contributed by atoms with Gasteiger partial charge in [0, 0.05) is 0 Å². The molecule has 0 atom stereocenters. The Morgan fingerprint density at radius 3 is 0.435 bits per heavy atom. The first kappa shape index (κ1) is 78.4. The van der Waals surface area contributed by atoms with Gasteiger partial charge in [-0.05, 0) is 25.7 Å². The van der Waals surface area contributed by atoms with Crippen LogP contribution < -0.4 is 29.6 Å². The van der Waals surface area contributed by atoms with Crippen LogP contribution in [-0.4, -0.2) is 78.3 Å². The molecule has 0 aromatic carbocycles. The molecule has 0 saturated carbocycles. The fraction of sp³-hybridized carbons (Fsp3) is 1.00. The van der Waals surface area contributed by atoms with Gasteiger partial charge in [-0.15, -0.1) is 0 Å². The average Bonchev–Trinajstić information content (AvgIpc) is 3.25. The van der Waals surface area contributed by atoms with Crippen LogP contribution in [0.2, 0.25) is 0 Å². The zero-order valence-electron chi connectivity index (χ0n) is 45.4. The molecule has 0 bridgehead atoms. The van der Waals surface area contributed by atoms with E-state index in [1.165, 1.54) is 180 Å². The van der Waals surface area contributed by atoms with Gasteiger partial charge in [0.25, 0.3) is 0 Å². The molecule has 0 aliphatic carbocycles. The van der Waals surface area contributed by atoms with Crippen LogP contribution in [0.3, 0.4) is 0 Å². The van der Waals surface area contributed by atoms with Crippen LogP contribution in [0, 0.1) is 0 Å². The minimum Gasteiger partial charge on any atom is -1.00 e. The number of hydrogen-bond donors (Lipinski definition) is 4. The van der Waals surface area contributed by atoms with Gasteiger partial charge >= 0.3 is 71.2 Å². The van der Waals surface area contributed by atoms with Gasteiger partial charge in [-0.1, -0.05) is 259 Å². The van der Waals surface area contributed by atoms with E-state index < -0.39 is 41.6 Å². The fourth-order valence-electron chi connectivity index (χ4n) is 7.01. The zero-order chi connectivity index (χ0) is 51.9. The largest absolute Gasteiger partial charge is 1.00 e. The van der Waals surface area contributed by atoms with Crippen LogP contribution in [-0.2, 0) is 58.3 Å². The summed E-state index contributed by atoms with van der Waals surface area (Å²) in [6.07, 6.45) is 47.4. The van der Waals surface area contributed by atoms with Gasteiger partial charge in [-0.25, -0.2) is 16.7 Å². The quantitative estimate of drug-likeness (QED) is 0.0251. The summed E-state index contributed by atoms with van der Waals surface area (Å²) in [4.78, 5) is 0. The molecule has 16 nitrogen and oxygen atoms in total. The summed E-state index contributed by atoms with van der Waals surface area (Å²) < 4.78 is 132. The van der Waals surface area contributed by atoms with Crippen LogP contribution in [0.1, 0.15) is 286 Å². The maximum atomic E-state index is 10.2. The minimum absolute atomic E-state index is 0. The SMILES string of the molecule is CCCCCCCCCCCCOS(=O)(=O)O.CCCCCCCCCCCCOS(=O)(=O)O.CCCCCCCCCCCCOS(=O)(=O)O.CCCCCCCCCCCCOS(=O)(=O)O.[H-].[Na+]. The summed E-state index contributed by atoms with van der Waals surface area (Å²) >= 11 is 0. The number of hydrogen-bond acceptors (Lipinski definition) is 12. The Morgan fingerprint density at radius 1 is 0.232 bits per heavy atom. The van der Waals surface area contributed by atoms with Gasteiger partial charge in [-0.2, -0.15) is 33.7 Å². The molecule has 0 amide bonds. The first-order valence-electron chi connectivity index (χ1n) is 26.7. The normalized spacial score (nSPS) is 11.7. The third kappa shape index (κ3) is 94.9. The molecule has 69 heavy (non-hydrogen) atoms. The molecule has 0 fully saturated rings. The molecule has 21 heteroatoms. The second kappa shape index (κ2) is 59.4. The van der Waals surface area contributed by atoms with E-state index in [1.807, 2.05) is 0 Å². The molecule has 4 N–H and O–H groups in total. The maximum Gasteiger partial charge on any atom is 1.00 e. The summed E-state index contributed by atoms with van der Waals surface area (Å²) in [6, 6.07) is 0. The van der Waals surface area contributed by atoms with Crippen molar-refractivity contribution in [3.8, 4) is 0 Å². The van der Waals surface area contributed by atoms with E-state index in [0.717, 1.165) is 51.4 Å². The molecule has 0 heterocycles. The molecule has 0 saturated heterocycles. The molecule has 0 unspecified atom stereocenters. The monoisotopic (exact) mass is 1090 g/mol. The van der Waals surface area contributed by atoms with Crippen molar-refractivity contribution < 1.29 is 99.6 Å². The number of rotatable bonds is 48. The maximum absolute atomic E-state index is 10.2. The third-order valence-electron chi connectivity index (χ3n) is 10.9. The Bertz CT molecular complexity index is 1230. The minimum atomic E-state index is -4.23. The predicted molar refractivity (Wildman–Crippen MR) is 278 cm³/mol. The van der Waals surface area contributed by atoms with Crippen molar-refractivity contribution in [2.75, 3.05) is 26.4 Å². The second-order valence-electron chi connectivity index (χ2n) is 17.7. The van der Waals surface area contributed by atoms with Crippen molar-refractivity contribution in [2.24, 2.45) is 0 Å². The Kier molecular flexibility index (Phi) is 67.4. The van der Waals surface area contributed by atoms with E-state index in [-0.39, 0.29) is 57.4 Å². The molecule has 0 aliphatic heterocycles. The van der Waals surface area contributed by atoms with Crippen LogP contribution in [0.4, 0.5) is 0 Å². The molecular weight excluding hydrogens is 984 g/mol. The summed E-state index contributed by atoms with van der Waals surface area (Å²) in [5.74, 6) is 0. The molecule has 0 spiro atoms. The van der Waals surface area contributed by atoms with E-state index in [2.05, 4.69) is 44.4 Å². The molecule has 0 aromatic heterocycles. The van der Waals surface area contributed by atoms with Crippen molar-refractivity contribution in [2.45, 2.75) is 285 Å². The third-order valence-corrected chi connectivity index (χ3v) is 12.8. The van der Waals surface area contributed by atoms with Gasteiger partial charge in [0.05, 0.1) is 26.4 Å². The van der Waals surface area contributed by atoms with E-state index in [9.17, 15) is 33.7 Å². The van der Waals surface area contributed by atoms with Crippen molar-refractivity contribution in [3.63, 3.8) is 0 Å². The summed E-state index contributed by atoms with van der Waals surface area (Å²) in [6.45, 7) is 9.24. The van der Waals surface area contributed by atoms with Crippen molar-refractivity contribution in [1.82, 2.24) is 0 Å². The Labute approximate surface area is 449 Å². The zero-order valence-corrected chi connectivity index (χ0v) is 49.7. The van der Waals surface area contributed by atoms with E-state index in [0.29, 0.717) is 25.7 Å². The topological polar surface area (TPSA) is 254 Å². The average molecular weight is 1090 g/mol. The second-order valence-corrected chi connectivity index (χ2v) is 22.1. The molecule has 0 aliphatic rings. The van der Waals surface area contributed by atoms with Crippen molar-refractivity contribution in [3.05, 3.63) is 0 Å². The van der Waals surface area contributed by atoms with E-state index in [4.69, 9.17) is 18.2 Å². The Hall–Kier alpha value is 0.480. The molecule has 0 rings (SSSR count). The predicted octanol–water partition coefficient (Wildman–Crippen LogP) is 12.0. The van der Waals surface area contributed by atoms with E-state index in [1.54, 1.807) is 0 Å². The van der Waals surface area contributed by atoms with Crippen LogP contribution >= 0.6 is 0 Å². The van der Waals surface area contributed by atoms with Gasteiger partial charge in [0.2, 0.25) is 0 Å². The van der Waals surface area contributed by atoms with Gasteiger partial charge in [-0.3, -0.25) is 18.2 Å². The summed E-state index contributed by atoms with van der Waals surface area (Å²) in [7, 11) is -16.9. The van der Waals surface area contributed by atoms with Crippen LogP contribution in [0.5, 0.6) is 0 Å². The van der Waals surface area contributed by atoms with Crippen molar-refractivity contribution in [1.29, 1.82) is 0 Å². The molecule has 0 radical (unpaired) electrons. The summed E-state index contributed by atoms with van der Waals surface area (Å²) in [5.41, 5.74) is 0. The fourth-order valence-corrected chi connectivity index (χ4v) is 8.33. The van der Waals surface area contributed by atoms with Crippen LogP contribution in [0.15, 0.2) is 0 Å². The van der Waals surface area contributed by atoms with Gasteiger partial charge < -0.3 is 1.43 Å². The number of unbranched alkanes of at least 4 members (excludes halogenated alkanes) is 36. The molecular formula is C48H105NaO16S4. The Balaban J connectivity index is -0.000000193. The Morgan fingerprint density at radius 2 is 0.333 bits per heavy atom. The van der Waals surface area contributed by atoms with Crippen LogP contribution in [0.25, 0.3) is 0 Å². The van der Waals surface area contributed by atoms with Crippen molar-refractivity contribution >= 4 is 41.6 Å². The van der Waals surface area contributed by atoms with E-state index >= 15 is 0 Å². The summed E-state index contributed by atoms with van der Waals surface area (Å²) in [5, 5.41) is 0. The molecule has 418 valence electrons. The standard InChI is InChI=1S/4C12H26O4S.Na.H/c4*1-2-3-4-5-6-7-8-9-10-11-12-16-17(13,14)15;;/h4*2-12H2,1H3,(H,13,14,15);;/q;;;;+1;-1. The molecule has 0 aromatic rings. The van der Waals surface area contributed by atoms with Gasteiger partial charge in [0.15, 0.2) is 0 Å². The first-order valence-corrected chi connectivity index (χ1v) is 32.2. The smallest absolute Gasteiger partial charge is 1.00 e.